The molecule has 3 amide bonds. The SMILES string of the molecule is COc1ccc(CNC(=O)Nc2ccc(N3CCCC3=O)cc2)cc1. The molecule has 2 aromatic carbocycles. The van der Waals surface area contributed by atoms with E-state index in [1.165, 1.54) is 0 Å². The second-order valence-electron chi connectivity index (χ2n) is 5.85. The first kappa shape index (κ1) is 16.8. The molecule has 0 atom stereocenters. The minimum absolute atomic E-state index is 0.151. The number of carbonyl (C=O) groups excluding carboxylic acids is 2. The lowest BCUT2D eigenvalue weighted by atomic mass is 10.2. The quantitative estimate of drug-likeness (QED) is 0.879. The van der Waals surface area contributed by atoms with E-state index in [0.717, 1.165) is 30.0 Å². The average molecular weight is 339 g/mol. The average Bonchev–Trinajstić information content (AvgIpc) is 3.07. The highest BCUT2D eigenvalue weighted by molar-refractivity contribution is 5.96. The number of carbonyl (C=O) groups is 2. The van der Waals surface area contributed by atoms with Crippen molar-refractivity contribution in [1.29, 1.82) is 0 Å². The van der Waals surface area contributed by atoms with E-state index in [4.69, 9.17) is 4.74 Å². The summed E-state index contributed by atoms with van der Waals surface area (Å²) in [5, 5.41) is 5.59. The van der Waals surface area contributed by atoms with Crippen molar-refractivity contribution in [2.24, 2.45) is 0 Å². The number of benzene rings is 2. The van der Waals surface area contributed by atoms with Gasteiger partial charge in [0.05, 0.1) is 7.11 Å². The van der Waals surface area contributed by atoms with Crippen molar-refractivity contribution in [1.82, 2.24) is 5.32 Å². The van der Waals surface area contributed by atoms with Crippen LogP contribution in [0, 0.1) is 0 Å². The molecule has 6 heteroatoms. The number of urea groups is 1. The van der Waals surface area contributed by atoms with Gasteiger partial charge >= 0.3 is 6.03 Å². The molecule has 0 saturated carbocycles. The molecular weight excluding hydrogens is 318 g/mol. The molecule has 3 rings (SSSR count). The fraction of sp³-hybridized carbons (Fsp3) is 0.263. The molecule has 25 heavy (non-hydrogen) atoms. The number of methoxy groups -OCH3 is 1. The van der Waals surface area contributed by atoms with Crippen LogP contribution in [0.2, 0.25) is 0 Å². The van der Waals surface area contributed by atoms with Crippen molar-refractivity contribution in [2.45, 2.75) is 19.4 Å². The maximum Gasteiger partial charge on any atom is 0.319 e. The van der Waals surface area contributed by atoms with Gasteiger partial charge in [-0.3, -0.25) is 4.79 Å². The topological polar surface area (TPSA) is 70.7 Å². The van der Waals surface area contributed by atoms with Gasteiger partial charge in [-0.05, 0) is 48.4 Å². The Morgan fingerprint density at radius 2 is 1.84 bits per heavy atom. The lowest BCUT2D eigenvalue weighted by Gasteiger charge is -2.16. The Morgan fingerprint density at radius 3 is 2.44 bits per heavy atom. The minimum atomic E-state index is -0.277. The van der Waals surface area contributed by atoms with Crippen molar-refractivity contribution in [3.63, 3.8) is 0 Å². The predicted octanol–water partition coefficient (Wildman–Crippen LogP) is 3.14. The number of nitrogens with one attached hydrogen (secondary N) is 2. The monoisotopic (exact) mass is 339 g/mol. The van der Waals surface area contributed by atoms with Gasteiger partial charge in [-0.15, -0.1) is 0 Å². The Kier molecular flexibility index (Phi) is 5.18. The van der Waals surface area contributed by atoms with E-state index in [0.29, 0.717) is 18.7 Å². The van der Waals surface area contributed by atoms with Crippen LogP contribution in [0.4, 0.5) is 16.2 Å². The van der Waals surface area contributed by atoms with Gasteiger partial charge < -0.3 is 20.3 Å². The molecule has 6 nitrogen and oxygen atoms in total. The first-order valence-electron chi connectivity index (χ1n) is 8.24. The van der Waals surface area contributed by atoms with E-state index in [1.807, 2.05) is 36.4 Å². The lowest BCUT2D eigenvalue weighted by Crippen LogP contribution is -2.28. The molecule has 0 spiro atoms. The zero-order valence-corrected chi connectivity index (χ0v) is 14.1. The zero-order chi connectivity index (χ0) is 17.6. The fourth-order valence-electron chi connectivity index (χ4n) is 2.75. The maximum atomic E-state index is 12.0. The summed E-state index contributed by atoms with van der Waals surface area (Å²) in [4.78, 5) is 25.5. The molecule has 0 aromatic heterocycles. The van der Waals surface area contributed by atoms with Crippen LogP contribution in [0.25, 0.3) is 0 Å². The highest BCUT2D eigenvalue weighted by atomic mass is 16.5. The number of hydrogen-bond acceptors (Lipinski definition) is 3. The van der Waals surface area contributed by atoms with Crippen molar-refractivity contribution in [3.8, 4) is 5.75 Å². The van der Waals surface area contributed by atoms with Gasteiger partial charge in [0.2, 0.25) is 5.91 Å². The predicted molar refractivity (Wildman–Crippen MR) is 96.9 cm³/mol. The lowest BCUT2D eigenvalue weighted by molar-refractivity contribution is -0.117. The Labute approximate surface area is 146 Å². The van der Waals surface area contributed by atoms with Crippen LogP contribution in [0.1, 0.15) is 18.4 Å². The molecule has 0 radical (unpaired) electrons. The summed E-state index contributed by atoms with van der Waals surface area (Å²) in [6, 6.07) is 14.5. The number of amides is 3. The van der Waals surface area contributed by atoms with Crippen molar-refractivity contribution in [2.75, 3.05) is 23.9 Å². The standard InChI is InChI=1S/C19H21N3O3/c1-25-17-10-4-14(5-11-17)13-20-19(24)21-15-6-8-16(9-7-15)22-12-2-3-18(22)23/h4-11H,2-3,12-13H2,1H3,(H2,20,21,24). The van der Waals surface area contributed by atoms with E-state index in [9.17, 15) is 9.59 Å². The highest BCUT2D eigenvalue weighted by Gasteiger charge is 2.21. The van der Waals surface area contributed by atoms with Gasteiger partial charge in [-0.2, -0.15) is 0 Å². The molecule has 0 bridgehead atoms. The zero-order valence-electron chi connectivity index (χ0n) is 14.1. The van der Waals surface area contributed by atoms with E-state index < -0.39 is 0 Å². The smallest absolute Gasteiger partial charge is 0.319 e. The van der Waals surface area contributed by atoms with Crippen LogP contribution >= 0.6 is 0 Å². The van der Waals surface area contributed by atoms with Gasteiger partial charge in [0.1, 0.15) is 5.75 Å². The Bertz CT molecular complexity index is 742. The van der Waals surface area contributed by atoms with E-state index in [2.05, 4.69) is 10.6 Å². The molecule has 2 aromatic rings. The molecule has 2 N–H and O–H groups in total. The van der Waals surface area contributed by atoms with Crippen molar-refractivity contribution < 1.29 is 14.3 Å². The molecule has 0 unspecified atom stereocenters. The summed E-state index contributed by atoms with van der Waals surface area (Å²) in [7, 11) is 1.62. The second kappa shape index (κ2) is 7.70. The van der Waals surface area contributed by atoms with Crippen LogP contribution in [-0.4, -0.2) is 25.6 Å². The third-order valence-electron chi connectivity index (χ3n) is 4.12. The van der Waals surface area contributed by atoms with Crippen molar-refractivity contribution in [3.05, 3.63) is 54.1 Å². The Balaban J connectivity index is 1.51. The molecular formula is C19H21N3O3. The number of rotatable bonds is 5. The third kappa shape index (κ3) is 4.29. The summed E-state index contributed by atoms with van der Waals surface area (Å²) in [6.45, 7) is 1.18. The second-order valence-corrected chi connectivity index (χ2v) is 5.85. The molecule has 130 valence electrons. The first-order valence-corrected chi connectivity index (χ1v) is 8.24. The van der Waals surface area contributed by atoms with Crippen molar-refractivity contribution >= 4 is 23.3 Å². The highest BCUT2D eigenvalue weighted by Crippen LogP contribution is 2.23. The number of hydrogen-bond donors (Lipinski definition) is 2. The Morgan fingerprint density at radius 1 is 1.12 bits per heavy atom. The van der Waals surface area contributed by atoms with E-state index in [-0.39, 0.29) is 11.9 Å². The number of ether oxygens (including phenoxy) is 1. The van der Waals surface area contributed by atoms with Gasteiger partial charge in [0.15, 0.2) is 0 Å². The van der Waals surface area contributed by atoms with E-state index >= 15 is 0 Å². The summed E-state index contributed by atoms with van der Waals surface area (Å²) in [5.41, 5.74) is 2.54. The van der Waals surface area contributed by atoms with E-state index in [1.54, 1.807) is 24.1 Å². The normalized spacial score (nSPS) is 13.6. The molecule has 1 aliphatic heterocycles. The largest absolute Gasteiger partial charge is 0.497 e. The van der Waals surface area contributed by atoms with Crippen LogP contribution in [0.15, 0.2) is 48.5 Å². The van der Waals surface area contributed by atoms with Gasteiger partial charge in [-0.25, -0.2) is 4.79 Å². The summed E-state index contributed by atoms with van der Waals surface area (Å²) in [6.07, 6.45) is 1.50. The molecule has 1 fully saturated rings. The summed E-state index contributed by atoms with van der Waals surface area (Å²) >= 11 is 0. The maximum absolute atomic E-state index is 12.0. The van der Waals surface area contributed by atoms with Crippen LogP contribution < -0.4 is 20.3 Å². The molecule has 0 aliphatic carbocycles. The van der Waals surface area contributed by atoms with Gasteiger partial charge in [0, 0.05) is 30.9 Å². The number of anilines is 2. The third-order valence-corrected chi connectivity index (χ3v) is 4.12. The summed E-state index contributed by atoms with van der Waals surface area (Å²) in [5.74, 6) is 0.933. The Hall–Kier alpha value is -3.02. The van der Waals surface area contributed by atoms with Gasteiger partial charge in [-0.1, -0.05) is 12.1 Å². The molecule has 1 aliphatic rings. The van der Waals surface area contributed by atoms with Crippen LogP contribution in [0.3, 0.4) is 0 Å². The number of nitrogens with zero attached hydrogens (tertiary/aromatic N) is 1. The minimum Gasteiger partial charge on any atom is -0.497 e. The van der Waals surface area contributed by atoms with Gasteiger partial charge in [0.25, 0.3) is 0 Å². The van der Waals surface area contributed by atoms with Crippen LogP contribution in [0.5, 0.6) is 5.75 Å². The molecule has 1 heterocycles. The summed E-state index contributed by atoms with van der Waals surface area (Å²) < 4.78 is 5.10. The van der Waals surface area contributed by atoms with Crippen LogP contribution in [-0.2, 0) is 11.3 Å². The first-order chi connectivity index (χ1) is 12.2. The molecule has 1 saturated heterocycles. The fourth-order valence-corrected chi connectivity index (χ4v) is 2.75.